The van der Waals surface area contributed by atoms with Gasteiger partial charge in [0.15, 0.2) is 0 Å². The zero-order valence-corrected chi connectivity index (χ0v) is 13.6. The number of aryl methyl sites for hydroxylation is 1. The maximum Gasteiger partial charge on any atom is 0.139 e. The molecule has 2 aromatic carbocycles. The fraction of sp³-hybridized carbons (Fsp3) is 0.167. The predicted molar refractivity (Wildman–Crippen MR) is 93.5 cm³/mol. The average Bonchev–Trinajstić information content (AvgIpc) is 2.97. The van der Waals surface area contributed by atoms with Crippen molar-refractivity contribution >= 4 is 21.6 Å². The Morgan fingerprint density at radius 3 is 2.78 bits per heavy atom. The van der Waals surface area contributed by atoms with E-state index in [1.54, 1.807) is 17.4 Å². The Labute approximate surface area is 138 Å². The number of rotatable bonds is 5. The molecule has 5 heteroatoms. The Balaban J connectivity index is 1.83. The highest BCUT2D eigenvalue weighted by Gasteiger charge is 2.07. The van der Waals surface area contributed by atoms with E-state index >= 15 is 0 Å². The minimum absolute atomic E-state index is 0.105. The van der Waals surface area contributed by atoms with Crippen molar-refractivity contribution in [3.05, 3.63) is 59.9 Å². The van der Waals surface area contributed by atoms with E-state index in [0.717, 1.165) is 20.8 Å². The van der Waals surface area contributed by atoms with Gasteiger partial charge in [0.2, 0.25) is 0 Å². The Kier molecular flexibility index (Phi) is 4.69. The zero-order valence-electron chi connectivity index (χ0n) is 12.8. The number of halogens is 1. The van der Waals surface area contributed by atoms with Crippen LogP contribution in [0.5, 0.6) is 5.75 Å². The molecule has 0 aliphatic heterocycles. The second kappa shape index (κ2) is 6.89. The Hall–Kier alpha value is -2.24. The topological polar surface area (TPSA) is 48.1 Å². The lowest BCUT2D eigenvalue weighted by Crippen LogP contribution is -2.01. The monoisotopic (exact) mass is 328 g/mol. The summed E-state index contributed by atoms with van der Waals surface area (Å²) < 4.78 is 19.8. The molecular formula is C18H17FN2OS. The summed E-state index contributed by atoms with van der Waals surface area (Å²) in [5, 5.41) is 0.964. The third-order valence-corrected chi connectivity index (χ3v) is 4.44. The molecule has 3 nitrogen and oxygen atoms in total. The molecule has 0 spiro atoms. The first kappa shape index (κ1) is 15.6. The van der Waals surface area contributed by atoms with Gasteiger partial charge in [0.1, 0.15) is 23.2 Å². The van der Waals surface area contributed by atoms with Gasteiger partial charge < -0.3 is 10.5 Å². The van der Waals surface area contributed by atoms with Crippen LogP contribution in [0.1, 0.15) is 5.56 Å². The van der Waals surface area contributed by atoms with Crippen LogP contribution in [-0.2, 0) is 0 Å². The quantitative estimate of drug-likeness (QED) is 0.752. The van der Waals surface area contributed by atoms with Gasteiger partial charge in [0.25, 0.3) is 0 Å². The number of nitrogens with two attached hydrogens (primary N) is 1. The van der Waals surface area contributed by atoms with Gasteiger partial charge in [-0.15, -0.1) is 11.3 Å². The van der Waals surface area contributed by atoms with E-state index in [-0.39, 0.29) is 19.0 Å². The lowest BCUT2D eigenvalue weighted by atomic mass is 10.2. The van der Waals surface area contributed by atoms with E-state index in [4.69, 9.17) is 10.5 Å². The number of benzene rings is 2. The van der Waals surface area contributed by atoms with Gasteiger partial charge in [-0.05, 0) is 31.2 Å². The highest BCUT2D eigenvalue weighted by atomic mass is 32.1. The largest absolute Gasteiger partial charge is 0.486 e. The highest BCUT2D eigenvalue weighted by Crippen LogP contribution is 2.32. The van der Waals surface area contributed by atoms with E-state index < -0.39 is 0 Å². The maximum atomic E-state index is 13.3. The molecular weight excluding hydrogens is 311 g/mol. The first-order valence-corrected chi connectivity index (χ1v) is 8.12. The fourth-order valence-electron chi connectivity index (χ4n) is 2.15. The lowest BCUT2D eigenvalue weighted by Gasteiger charge is -2.03. The van der Waals surface area contributed by atoms with Gasteiger partial charge in [-0.3, -0.25) is 0 Å². The Morgan fingerprint density at radius 1 is 1.26 bits per heavy atom. The zero-order chi connectivity index (χ0) is 16.2. The third kappa shape index (κ3) is 3.75. The van der Waals surface area contributed by atoms with Crippen molar-refractivity contribution in [1.82, 2.24) is 4.98 Å². The van der Waals surface area contributed by atoms with E-state index in [9.17, 15) is 4.39 Å². The fourth-order valence-corrected chi connectivity index (χ4v) is 3.15. The summed E-state index contributed by atoms with van der Waals surface area (Å²) in [4.78, 5) is 4.64. The van der Waals surface area contributed by atoms with E-state index in [0.29, 0.717) is 5.75 Å². The van der Waals surface area contributed by atoms with Crippen LogP contribution in [0.3, 0.4) is 0 Å². The van der Waals surface area contributed by atoms with Crippen molar-refractivity contribution in [2.24, 2.45) is 5.73 Å². The van der Waals surface area contributed by atoms with E-state index in [1.807, 2.05) is 12.1 Å². The number of thiazole rings is 1. The second-order valence-electron chi connectivity index (χ2n) is 5.19. The summed E-state index contributed by atoms with van der Waals surface area (Å²) >= 11 is 1.60. The molecule has 23 heavy (non-hydrogen) atoms. The predicted octanol–water partition coefficient (Wildman–Crippen LogP) is 4.46. The smallest absolute Gasteiger partial charge is 0.139 e. The molecule has 118 valence electrons. The van der Waals surface area contributed by atoms with Gasteiger partial charge in [-0.2, -0.15) is 0 Å². The Morgan fingerprint density at radius 2 is 2.04 bits per heavy atom. The molecule has 0 radical (unpaired) electrons. The van der Waals surface area contributed by atoms with Crippen molar-refractivity contribution < 1.29 is 9.13 Å². The second-order valence-corrected chi connectivity index (χ2v) is 6.22. The van der Waals surface area contributed by atoms with Gasteiger partial charge in [-0.25, -0.2) is 9.37 Å². The molecule has 3 rings (SSSR count). The molecule has 1 aromatic heterocycles. The summed E-state index contributed by atoms with van der Waals surface area (Å²) in [6, 6.07) is 13.9. The maximum absolute atomic E-state index is 13.3. The van der Waals surface area contributed by atoms with Crippen molar-refractivity contribution in [3.63, 3.8) is 0 Å². The van der Waals surface area contributed by atoms with Crippen LogP contribution in [0, 0.1) is 6.92 Å². The first-order valence-electron chi connectivity index (χ1n) is 7.31. The highest BCUT2D eigenvalue weighted by molar-refractivity contribution is 7.21. The van der Waals surface area contributed by atoms with Crippen LogP contribution in [0.2, 0.25) is 0 Å². The summed E-state index contributed by atoms with van der Waals surface area (Å²) in [5.74, 6) is 0.259. The first-order chi connectivity index (χ1) is 11.2. The molecule has 0 unspecified atom stereocenters. The number of hydrogen-bond acceptors (Lipinski definition) is 4. The molecule has 0 saturated carbocycles. The number of nitrogens with zero attached hydrogens (tertiary/aromatic N) is 1. The van der Waals surface area contributed by atoms with Gasteiger partial charge in [0, 0.05) is 12.1 Å². The molecule has 3 aromatic rings. The van der Waals surface area contributed by atoms with Crippen LogP contribution in [0.25, 0.3) is 20.8 Å². The number of hydrogen-bond donors (Lipinski definition) is 1. The van der Waals surface area contributed by atoms with Crippen LogP contribution in [0.15, 0.2) is 54.4 Å². The molecule has 1 heterocycles. The van der Waals surface area contributed by atoms with Gasteiger partial charge in [0.05, 0.1) is 10.2 Å². The molecule has 0 saturated heterocycles. The van der Waals surface area contributed by atoms with Crippen molar-refractivity contribution in [2.75, 3.05) is 13.2 Å². The van der Waals surface area contributed by atoms with Crippen molar-refractivity contribution in [3.8, 4) is 16.3 Å². The SMILES string of the molecule is Cc1ccc(-c2nc3ccc(OC/C(F)=C/CN)cc3s2)cc1. The number of aromatic nitrogens is 1. The van der Waals surface area contributed by atoms with Gasteiger partial charge >= 0.3 is 0 Å². The molecule has 0 aliphatic carbocycles. The molecule has 0 bridgehead atoms. The molecule has 0 aliphatic rings. The molecule has 0 fully saturated rings. The summed E-state index contributed by atoms with van der Waals surface area (Å²) in [7, 11) is 0. The molecule has 0 amide bonds. The minimum atomic E-state index is -0.364. The van der Waals surface area contributed by atoms with Crippen LogP contribution >= 0.6 is 11.3 Å². The third-order valence-electron chi connectivity index (χ3n) is 3.37. The van der Waals surface area contributed by atoms with Crippen LogP contribution in [0.4, 0.5) is 4.39 Å². The van der Waals surface area contributed by atoms with Gasteiger partial charge in [-0.1, -0.05) is 29.8 Å². The summed E-state index contributed by atoms with van der Waals surface area (Å²) in [6.07, 6.45) is 1.31. The standard InChI is InChI=1S/C18H17FN2OS/c1-12-2-4-13(5-3-12)18-21-16-7-6-15(10-17(16)23-18)22-11-14(19)8-9-20/h2-8,10H,9,11,20H2,1H3/b14-8-. The lowest BCUT2D eigenvalue weighted by molar-refractivity contribution is 0.318. The summed E-state index contributed by atoms with van der Waals surface area (Å²) in [6.45, 7) is 2.12. The summed E-state index contributed by atoms with van der Waals surface area (Å²) in [5.41, 5.74) is 8.49. The average molecular weight is 328 g/mol. The van der Waals surface area contributed by atoms with Crippen molar-refractivity contribution in [2.45, 2.75) is 6.92 Å². The minimum Gasteiger partial charge on any atom is -0.486 e. The normalized spacial score (nSPS) is 11.9. The van der Waals surface area contributed by atoms with Crippen LogP contribution in [-0.4, -0.2) is 18.1 Å². The number of ether oxygens (including phenoxy) is 1. The molecule has 2 N–H and O–H groups in total. The van der Waals surface area contributed by atoms with Crippen LogP contribution < -0.4 is 10.5 Å². The molecule has 0 atom stereocenters. The Bertz CT molecular complexity index is 840. The van der Waals surface area contributed by atoms with E-state index in [2.05, 4.69) is 36.2 Å². The number of fused-ring (bicyclic) bond motifs is 1. The van der Waals surface area contributed by atoms with E-state index in [1.165, 1.54) is 11.6 Å². The van der Waals surface area contributed by atoms with Crippen molar-refractivity contribution in [1.29, 1.82) is 0 Å².